The monoisotopic (exact) mass is 234 g/mol. The van der Waals surface area contributed by atoms with E-state index in [0.29, 0.717) is 5.75 Å². The number of imidazole rings is 1. The van der Waals surface area contributed by atoms with Crippen LogP contribution in [0, 0.1) is 0 Å². The first-order valence-corrected chi connectivity index (χ1v) is 6.09. The largest absolute Gasteiger partial charge is 0.388 e. The molecule has 1 heterocycles. The summed E-state index contributed by atoms with van der Waals surface area (Å²) in [6.45, 7) is 0. The van der Waals surface area contributed by atoms with Gasteiger partial charge in [0.1, 0.15) is 0 Å². The van der Waals surface area contributed by atoms with Gasteiger partial charge in [0, 0.05) is 25.2 Å². The van der Waals surface area contributed by atoms with Crippen molar-refractivity contribution in [2.75, 3.05) is 5.75 Å². The maximum Gasteiger partial charge on any atom is 0.167 e. The zero-order chi connectivity index (χ0) is 11.4. The van der Waals surface area contributed by atoms with Crippen molar-refractivity contribution in [2.45, 2.75) is 11.3 Å². The lowest BCUT2D eigenvalue weighted by atomic mass is 10.1. The van der Waals surface area contributed by atoms with Gasteiger partial charge in [0.05, 0.1) is 6.10 Å². The molecule has 0 bridgehead atoms. The minimum atomic E-state index is -0.442. The molecule has 1 atom stereocenters. The second kappa shape index (κ2) is 5.18. The van der Waals surface area contributed by atoms with Gasteiger partial charge in [-0.3, -0.25) is 0 Å². The van der Waals surface area contributed by atoms with E-state index in [2.05, 4.69) is 4.98 Å². The molecule has 0 spiro atoms. The number of nitrogens with zero attached hydrogens (tertiary/aromatic N) is 2. The summed E-state index contributed by atoms with van der Waals surface area (Å²) in [4.78, 5) is 4.20. The third-order valence-electron chi connectivity index (χ3n) is 2.33. The standard InChI is InChI=1S/C12H14N2OS/c1-14-8-7-13-12(14)16-9-11(15)10-5-3-2-4-6-10/h2-8,11,15H,9H2,1H3/t11-/m0/s1. The molecule has 0 aliphatic carbocycles. The molecule has 1 N–H and O–H groups in total. The van der Waals surface area contributed by atoms with Gasteiger partial charge in [-0.2, -0.15) is 0 Å². The molecule has 0 saturated carbocycles. The van der Waals surface area contributed by atoms with Crippen molar-refractivity contribution in [2.24, 2.45) is 7.05 Å². The lowest BCUT2D eigenvalue weighted by molar-refractivity contribution is 0.204. The number of aliphatic hydroxyl groups is 1. The summed E-state index contributed by atoms with van der Waals surface area (Å²) in [5.74, 6) is 0.620. The Morgan fingerprint density at radius 2 is 2.12 bits per heavy atom. The van der Waals surface area contributed by atoms with Crippen LogP contribution in [0.2, 0.25) is 0 Å². The fraction of sp³-hybridized carbons (Fsp3) is 0.250. The van der Waals surface area contributed by atoms with E-state index in [4.69, 9.17) is 0 Å². The van der Waals surface area contributed by atoms with Gasteiger partial charge in [-0.05, 0) is 5.56 Å². The molecule has 0 amide bonds. The van der Waals surface area contributed by atoms with Gasteiger partial charge in [0.15, 0.2) is 5.16 Å². The van der Waals surface area contributed by atoms with Crippen molar-refractivity contribution in [3.05, 3.63) is 48.3 Å². The highest BCUT2D eigenvalue weighted by Crippen LogP contribution is 2.22. The Morgan fingerprint density at radius 3 is 2.75 bits per heavy atom. The van der Waals surface area contributed by atoms with Crippen molar-refractivity contribution in [1.82, 2.24) is 9.55 Å². The second-order valence-electron chi connectivity index (χ2n) is 3.56. The number of aromatic nitrogens is 2. The zero-order valence-corrected chi connectivity index (χ0v) is 9.89. The van der Waals surface area contributed by atoms with Crippen LogP contribution in [0.5, 0.6) is 0 Å². The van der Waals surface area contributed by atoms with E-state index >= 15 is 0 Å². The Balaban J connectivity index is 1.94. The maximum atomic E-state index is 9.95. The first-order chi connectivity index (χ1) is 7.77. The van der Waals surface area contributed by atoms with Crippen LogP contribution in [0.3, 0.4) is 0 Å². The molecule has 2 rings (SSSR count). The molecule has 2 aromatic rings. The van der Waals surface area contributed by atoms with Gasteiger partial charge in [-0.25, -0.2) is 4.98 Å². The normalized spacial score (nSPS) is 12.6. The topological polar surface area (TPSA) is 38.0 Å². The Kier molecular flexibility index (Phi) is 3.64. The molecule has 0 unspecified atom stereocenters. The highest BCUT2D eigenvalue weighted by atomic mass is 32.2. The van der Waals surface area contributed by atoms with Gasteiger partial charge in [-0.1, -0.05) is 42.1 Å². The molecule has 0 aliphatic rings. The van der Waals surface area contributed by atoms with Crippen LogP contribution < -0.4 is 0 Å². The summed E-state index contributed by atoms with van der Waals surface area (Å²) in [5, 5.41) is 10.9. The van der Waals surface area contributed by atoms with Crippen LogP contribution in [0.25, 0.3) is 0 Å². The van der Waals surface area contributed by atoms with Crippen LogP contribution in [0.1, 0.15) is 11.7 Å². The van der Waals surface area contributed by atoms with Crippen molar-refractivity contribution in [3.63, 3.8) is 0 Å². The van der Waals surface area contributed by atoms with Crippen LogP contribution in [0.4, 0.5) is 0 Å². The molecule has 1 aromatic heterocycles. The summed E-state index contributed by atoms with van der Waals surface area (Å²) in [5.41, 5.74) is 0.948. The third kappa shape index (κ3) is 2.65. The molecule has 84 valence electrons. The molecule has 4 heteroatoms. The van der Waals surface area contributed by atoms with Crippen molar-refractivity contribution in [3.8, 4) is 0 Å². The van der Waals surface area contributed by atoms with Gasteiger partial charge in [0.2, 0.25) is 0 Å². The Labute approximate surface area is 99.1 Å². The molecular formula is C12H14N2OS. The van der Waals surface area contributed by atoms with Gasteiger partial charge >= 0.3 is 0 Å². The smallest absolute Gasteiger partial charge is 0.167 e. The highest BCUT2D eigenvalue weighted by Gasteiger charge is 2.09. The van der Waals surface area contributed by atoms with Crippen LogP contribution >= 0.6 is 11.8 Å². The molecule has 1 aromatic carbocycles. The van der Waals surface area contributed by atoms with Gasteiger partial charge in [-0.15, -0.1) is 0 Å². The molecule has 0 radical (unpaired) electrons. The molecule has 0 aliphatic heterocycles. The number of benzene rings is 1. The summed E-state index contributed by atoms with van der Waals surface area (Å²) >= 11 is 1.56. The number of hydrogen-bond acceptors (Lipinski definition) is 3. The minimum absolute atomic E-state index is 0.442. The highest BCUT2D eigenvalue weighted by molar-refractivity contribution is 7.99. The average Bonchev–Trinajstić information content (AvgIpc) is 2.73. The van der Waals surface area contributed by atoms with Gasteiger partial charge < -0.3 is 9.67 Å². The molecule has 3 nitrogen and oxygen atoms in total. The van der Waals surface area contributed by atoms with E-state index in [1.54, 1.807) is 18.0 Å². The lowest BCUT2D eigenvalue weighted by Crippen LogP contribution is -2.01. The van der Waals surface area contributed by atoms with E-state index in [1.807, 2.05) is 48.1 Å². The number of rotatable bonds is 4. The van der Waals surface area contributed by atoms with Crippen LogP contribution in [0.15, 0.2) is 47.9 Å². The molecule has 16 heavy (non-hydrogen) atoms. The Morgan fingerprint density at radius 1 is 1.38 bits per heavy atom. The van der Waals surface area contributed by atoms with Crippen LogP contribution in [-0.4, -0.2) is 20.4 Å². The van der Waals surface area contributed by atoms with Crippen molar-refractivity contribution in [1.29, 1.82) is 0 Å². The lowest BCUT2D eigenvalue weighted by Gasteiger charge is -2.09. The predicted octanol–water partition coefficient (Wildman–Crippen LogP) is 2.25. The van der Waals surface area contributed by atoms with E-state index in [1.165, 1.54) is 0 Å². The zero-order valence-electron chi connectivity index (χ0n) is 9.08. The van der Waals surface area contributed by atoms with Crippen LogP contribution in [-0.2, 0) is 7.05 Å². The van der Waals surface area contributed by atoms with E-state index in [0.717, 1.165) is 10.7 Å². The fourth-order valence-corrected chi connectivity index (χ4v) is 2.32. The summed E-state index contributed by atoms with van der Waals surface area (Å²) in [7, 11) is 1.95. The summed E-state index contributed by atoms with van der Waals surface area (Å²) in [6.07, 6.45) is 3.22. The fourth-order valence-electron chi connectivity index (χ4n) is 1.42. The number of hydrogen-bond donors (Lipinski definition) is 1. The van der Waals surface area contributed by atoms with Crippen molar-refractivity contribution < 1.29 is 5.11 Å². The molecule has 0 fully saturated rings. The third-order valence-corrected chi connectivity index (χ3v) is 3.47. The molecular weight excluding hydrogens is 220 g/mol. The van der Waals surface area contributed by atoms with E-state index < -0.39 is 6.10 Å². The van der Waals surface area contributed by atoms with Crippen molar-refractivity contribution >= 4 is 11.8 Å². The number of aliphatic hydroxyl groups excluding tert-OH is 1. The average molecular weight is 234 g/mol. The second-order valence-corrected chi connectivity index (χ2v) is 4.55. The minimum Gasteiger partial charge on any atom is -0.388 e. The predicted molar refractivity (Wildman–Crippen MR) is 65.3 cm³/mol. The summed E-state index contributed by atoms with van der Waals surface area (Å²) < 4.78 is 1.95. The SMILES string of the molecule is Cn1ccnc1SC[C@H](O)c1ccccc1. The molecule has 0 saturated heterocycles. The first kappa shape index (κ1) is 11.2. The quantitative estimate of drug-likeness (QED) is 0.824. The Bertz CT molecular complexity index is 441. The first-order valence-electron chi connectivity index (χ1n) is 5.10. The number of thioether (sulfide) groups is 1. The number of aryl methyl sites for hydroxylation is 1. The maximum absolute atomic E-state index is 9.95. The van der Waals surface area contributed by atoms with E-state index in [9.17, 15) is 5.11 Å². The van der Waals surface area contributed by atoms with E-state index in [-0.39, 0.29) is 0 Å². The van der Waals surface area contributed by atoms with Gasteiger partial charge in [0.25, 0.3) is 0 Å². The Hall–Kier alpha value is -1.26. The summed E-state index contributed by atoms with van der Waals surface area (Å²) in [6, 6.07) is 9.68.